The number of ether oxygens (including phenoxy) is 2. The first-order valence-electron chi connectivity index (χ1n) is 9.90. The van der Waals surface area contributed by atoms with E-state index in [0.717, 1.165) is 22.4 Å². The maximum Gasteiger partial charge on any atom is 0.170 e. The van der Waals surface area contributed by atoms with Gasteiger partial charge in [-0.2, -0.15) is 0 Å². The third-order valence-electron chi connectivity index (χ3n) is 5.86. The lowest BCUT2D eigenvalue weighted by atomic mass is 9.96. The van der Waals surface area contributed by atoms with E-state index in [-0.39, 0.29) is 18.3 Å². The Bertz CT molecular complexity index is 1360. The largest absolute Gasteiger partial charge is 0.493 e. The molecule has 1 aromatic carbocycles. The quantitative estimate of drug-likeness (QED) is 0.476. The van der Waals surface area contributed by atoms with Crippen LogP contribution in [0.5, 0.6) is 11.5 Å². The maximum absolute atomic E-state index is 14.7. The molecule has 0 fully saturated rings. The minimum atomic E-state index is -0.262. The minimum Gasteiger partial charge on any atom is -0.493 e. The normalized spacial score (nSPS) is 16.9. The van der Waals surface area contributed by atoms with E-state index in [1.165, 1.54) is 6.07 Å². The van der Waals surface area contributed by atoms with Crippen molar-refractivity contribution in [1.29, 1.82) is 0 Å². The minimum absolute atomic E-state index is 0.0519. The van der Waals surface area contributed by atoms with Crippen LogP contribution in [0.3, 0.4) is 0 Å². The van der Waals surface area contributed by atoms with Crippen molar-refractivity contribution >= 4 is 23.1 Å². The van der Waals surface area contributed by atoms with Gasteiger partial charge in [-0.1, -0.05) is 11.6 Å². The van der Waals surface area contributed by atoms with Crippen LogP contribution in [0.15, 0.2) is 36.8 Å². The summed E-state index contributed by atoms with van der Waals surface area (Å²) in [7, 11) is 0. The van der Waals surface area contributed by atoms with Gasteiger partial charge in [-0.3, -0.25) is 9.38 Å². The molecule has 6 rings (SSSR count). The summed E-state index contributed by atoms with van der Waals surface area (Å²) in [6.45, 7) is 2.96. The number of nitrogens with zero attached hydrogens (tertiary/aromatic N) is 4. The molecule has 5 heterocycles. The Balaban J connectivity index is 1.52. The average molecular weight is 438 g/mol. The number of nitrogens with one attached hydrogen (secondary N) is 1. The number of hydrogen-bond donors (Lipinski definition) is 1. The molecule has 3 aromatic heterocycles. The highest BCUT2D eigenvalue weighted by Gasteiger charge is 2.31. The van der Waals surface area contributed by atoms with E-state index in [9.17, 15) is 4.39 Å². The van der Waals surface area contributed by atoms with Crippen molar-refractivity contribution < 1.29 is 13.9 Å². The summed E-state index contributed by atoms with van der Waals surface area (Å²) in [6.07, 6.45) is 3.36. The van der Waals surface area contributed by atoms with Crippen molar-refractivity contribution in [2.45, 2.75) is 19.4 Å². The van der Waals surface area contributed by atoms with E-state index in [0.29, 0.717) is 46.8 Å². The Hall–Kier alpha value is -3.39. The van der Waals surface area contributed by atoms with E-state index in [2.05, 4.69) is 20.5 Å². The molecular formula is C22H17ClFN5O2. The Kier molecular flexibility index (Phi) is 4.04. The van der Waals surface area contributed by atoms with E-state index in [1.807, 2.05) is 23.5 Å². The molecule has 0 saturated heterocycles. The van der Waals surface area contributed by atoms with Crippen molar-refractivity contribution in [2.75, 3.05) is 18.5 Å². The number of pyridine rings is 2. The second-order valence-electron chi connectivity index (χ2n) is 7.70. The summed E-state index contributed by atoms with van der Waals surface area (Å²) in [5.41, 5.74) is 4.43. The lowest BCUT2D eigenvalue weighted by molar-refractivity contribution is 0.249. The SMILES string of the molecule is Cc1ncc(-c2cc3c(n4cnnc24)NCc2c(F)ccc4c2[C@@H](CO4)CO3)cc1Cl. The molecule has 0 spiro atoms. The molecule has 4 aromatic rings. The molecule has 31 heavy (non-hydrogen) atoms. The molecule has 0 unspecified atom stereocenters. The summed E-state index contributed by atoms with van der Waals surface area (Å²) >= 11 is 6.31. The van der Waals surface area contributed by atoms with Crippen LogP contribution < -0.4 is 14.8 Å². The Labute approximate surface area is 181 Å². The van der Waals surface area contributed by atoms with Crippen molar-refractivity contribution in [3.8, 4) is 22.6 Å². The van der Waals surface area contributed by atoms with Gasteiger partial charge in [-0.25, -0.2) is 4.39 Å². The highest BCUT2D eigenvalue weighted by molar-refractivity contribution is 6.31. The number of aryl methyl sites for hydroxylation is 1. The van der Waals surface area contributed by atoms with Crippen molar-refractivity contribution in [1.82, 2.24) is 19.6 Å². The molecule has 0 aliphatic carbocycles. The number of rotatable bonds is 1. The summed E-state index contributed by atoms with van der Waals surface area (Å²) in [5, 5.41) is 12.3. The molecule has 0 bridgehead atoms. The van der Waals surface area contributed by atoms with E-state index < -0.39 is 0 Å². The average Bonchev–Trinajstić information content (AvgIpc) is 3.41. The number of hydrogen-bond acceptors (Lipinski definition) is 6. The van der Waals surface area contributed by atoms with Crippen molar-refractivity contribution in [3.05, 3.63) is 64.5 Å². The van der Waals surface area contributed by atoms with Gasteiger partial charge >= 0.3 is 0 Å². The summed E-state index contributed by atoms with van der Waals surface area (Å²) in [6, 6.07) is 6.89. The Morgan fingerprint density at radius 2 is 2.03 bits per heavy atom. The van der Waals surface area contributed by atoms with Gasteiger partial charge in [-0.15, -0.1) is 10.2 Å². The number of anilines is 1. The molecule has 2 aliphatic rings. The zero-order chi connectivity index (χ0) is 21.1. The lowest BCUT2D eigenvalue weighted by Crippen LogP contribution is -2.13. The highest BCUT2D eigenvalue weighted by atomic mass is 35.5. The fraction of sp³-hybridized carbons (Fsp3) is 0.227. The first kappa shape index (κ1) is 18.4. The Morgan fingerprint density at radius 3 is 2.87 bits per heavy atom. The van der Waals surface area contributed by atoms with Gasteiger partial charge in [-0.05, 0) is 31.2 Å². The molecule has 0 amide bonds. The van der Waals surface area contributed by atoms with Crippen LogP contribution >= 0.6 is 11.6 Å². The van der Waals surface area contributed by atoms with Crippen LogP contribution in [0.1, 0.15) is 22.7 Å². The standard InChI is InChI=1S/C22H17ClFN5O2/c1-11-16(23)4-12(6-25-11)14-5-19-22(29-10-27-28-21(14)29)26-7-15-17(24)2-3-18-20(15)13(8-30-18)9-31-19/h2-6,10,13,26H,7-9H2,1H3/t13-/m0/s1. The monoisotopic (exact) mass is 437 g/mol. The molecule has 1 atom stereocenters. The number of halogens is 2. The van der Waals surface area contributed by atoms with Crippen LogP contribution in [0.4, 0.5) is 10.2 Å². The van der Waals surface area contributed by atoms with Gasteiger partial charge in [0.15, 0.2) is 17.2 Å². The van der Waals surface area contributed by atoms with E-state index in [1.54, 1.807) is 18.6 Å². The van der Waals surface area contributed by atoms with Gasteiger partial charge in [0.25, 0.3) is 0 Å². The Morgan fingerprint density at radius 1 is 1.19 bits per heavy atom. The van der Waals surface area contributed by atoms with Crippen LogP contribution in [0.2, 0.25) is 5.02 Å². The first-order chi connectivity index (χ1) is 15.1. The second kappa shape index (κ2) is 6.81. The lowest BCUT2D eigenvalue weighted by Gasteiger charge is -2.16. The van der Waals surface area contributed by atoms with Gasteiger partial charge in [0, 0.05) is 35.0 Å². The molecule has 7 nitrogen and oxygen atoms in total. The molecule has 2 aliphatic heterocycles. The van der Waals surface area contributed by atoms with Crippen LogP contribution in [-0.4, -0.2) is 32.8 Å². The maximum atomic E-state index is 14.7. The second-order valence-corrected chi connectivity index (χ2v) is 8.10. The first-order valence-corrected chi connectivity index (χ1v) is 10.3. The van der Waals surface area contributed by atoms with Crippen molar-refractivity contribution in [2.24, 2.45) is 0 Å². The summed E-state index contributed by atoms with van der Waals surface area (Å²) in [4.78, 5) is 4.37. The van der Waals surface area contributed by atoms with Crippen LogP contribution in [-0.2, 0) is 6.54 Å². The highest BCUT2D eigenvalue weighted by Crippen LogP contribution is 2.42. The predicted molar refractivity (Wildman–Crippen MR) is 113 cm³/mol. The number of benzene rings is 1. The van der Waals surface area contributed by atoms with Crippen molar-refractivity contribution in [3.63, 3.8) is 0 Å². The van der Waals surface area contributed by atoms with E-state index in [4.69, 9.17) is 21.1 Å². The number of fused-ring (bicyclic) bond motifs is 3. The summed E-state index contributed by atoms with van der Waals surface area (Å²) in [5.74, 6) is 1.67. The van der Waals surface area contributed by atoms with Gasteiger partial charge in [0.2, 0.25) is 0 Å². The van der Waals surface area contributed by atoms with Gasteiger partial charge < -0.3 is 14.8 Å². The van der Waals surface area contributed by atoms with E-state index >= 15 is 0 Å². The molecule has 1 N–H and O–H groups in total. The smallest absolute Gasteiger partial charge is 0.170 e. The zero-order valence-electron chi connectivity index (χ0n) is 16.5. The molecular weight excluding hydrogens is 421 g/mol. The van der Waals surface area contributed by atoms with Crippen LogP contribution in [0, 0.1) is 12.7 Å². The zero-order valence-corrected chi connectivity index (χ0v) is 17.3. The summed E-state index contributed by atoms with van der Waals surface area (Å²) < 4.78 is 28.5. The predicted octanol–water partition coefficient (Wildman–Crippen LogP) is 4.37. The molecule has 9 heteroatoms. The van der Waals surface area contributed by atoms with Crippen LogP contribution in [0.25, 0.3) is 16.8 Å². The molecule has 0 saturated carbocycles. The molecule has 156 valence electrons. The fourth-order valence-electron chi connectivity index (χ4n) is 4.25. The molecule has 0 radical (unpaired) electrons. The topological polar surface area (TPSA) is 73.6 Å². The van der Waals surface area contributed by atoms with Gasteiger partial charge in [0.1, 0.15) is 17.9 Å². The number of aromatic nitrogens is 4. The fourth-order valence-corrected chi connectivity index (χ4v) is 4.42. The third-order valence-corrected chi connectivity index (χ3v) is 6.24. The van der Waals surface area contributed by atoms with Gasteiger partial charge in [0.05, 0.1) is 29.8 Å². The third kappa shape index (κ3) is 2.82.